The van der Waals surface area contributed by atoms with E-state index < -0.39 is 16.0 Å². The van der Waals surface area contributed by atoms with Crippen LogP contribution in [0.3, 0.4) is 0 Å². The van der Waals surface area contributed by atoms with Gasteiger partial charge in [-0.1, -0.05) is 75.4 Å². The molecule has 1 aliphatic rings. The first kappa shape index (κ1) is 25.4. The number of aliphatic carboxylic acids is 1. The van der Waals surface area contributed by atoms with Gasteiger partial charge in [0.05, 0.1) is 11.3 Å². The number of benzene rings is 2. The van der Waals surface area contributed by atoms with Crippen molar-refractivity contribution in [2.75, 3.05) is 6.54 Å². The Bertz CT molecular complexity index is 991. The van der Waals surface area contributed by atoms with E-state index in [1.165, 1.54) is 24.8 Å². The van der Waals surface area contributed by atoms with Gasteiger partial charge < -0.3 is 5.11 Å². The van der Waals surface area contributed by atoms with Crippen LogP contribution < -0.4 is 4.72 Å². The van der Waals surface area contributed by atoms with E-state index >= 15 is 0 Å². The SMILES string of the molecule is CCCCCCc1ccc(S(=O)(=O)NCC2(Cc3ccc(CC(=O)O)cc3)CCCC2)cc1. The molecule has 33 heavy (non-hydrogen) atoms. The van der Waals surface area contributed by atoms with Gasteiger partial charge in [0.25, 0.3) is 0 Å². The summed E-state index contributed by atoms with van der Waals surface area (Å²) in [5.74, 6) is -0.839. The molecule has 2 aromatic rings. The second-order valence-electron chi connectivity index (χ2n) is 9.55. The topological polar surface area (TPSA) is 83.5 Å². The normalized spacial score (nSPS) is 15.5. The van der Waals surface area contributed by atoms with Crippen LogP contribution in [0.5, 0.6) is 0 Å². The average Bonchev–Trinajstić information content (AvgIpc) is 3.26. The molecule has 3 rings (SSSR count). The Morgan fingerprint density at radius 2 is 1.52 bits per heavy atom. The largest absolute Gasteiger partial charge is 0.481 e. The van der Waals surface area contributed by atoms with Crippen molar-refractivity contribution in [1.29, 1.82) is 0 Å². The molecule has 6 heteroatoms. The summed E-state index contributed by atoms with van der Waals surface area (Å²) in [5, 5.41) is 8.96. The number of carboxylic acid groups (broad SMARTS) is 1. The average molecular weight is 472 g/mol. The first-order valence-electron chi connectivity index (χ1n) is 12.2. The highest BCUT2D eigenvalue weighted by atomic mass is 32.2. The molecule has 0 bridgehead atoms. The van der Waals surface area contributed by atoms with Crippen molar-refractivity contribution >= 4 is 16.0 Å². The molecule has 0 aliphatic heterocycles. The molecule has 0 aromatic heterocycles. The van der Waals surface area contributed by atoms with Crippen LogP contribution in [0.25, 0.3) is 0 Å². The lowest BCUT2D eigenvalue weighted by atomic mass is 9.80. The molecular formula is C27H37NO4S. The Kier molecular flexibility index (Phi) is 9.10. The van der Waals surface area contributed by atoms with Gasteiger partial charge in [-0.15, -0.1) is 0 Å². The van der Waals surface area contributed by atoms with Gasteiger partial charge in [0, 0.05) is 6.54 Å². The van der Waals surface area contributed by atoms with Crippen molar-refractivity contribution < 1.29 is 18.3 Å². The van der Waals surface area contributed by atoms with E-state index in [2.05, 4.69) is 11.6 Å². The number of carbonyl (C=O) groups is 1. The fourth-order valence-corrected chi connectivity index (χ4v) is 6.00. The fraction of sp³-hybridized carbons (Fsp3) is 0.519. The highest BCUT2D eigenvalue weighted by Crippen LogP contribution is 2.40. The van der Waals surface area contributed by atoms with Crippen LogP contribution in [0.1, 0.15) is 75.0 Å². The Morgan fingerprint density at radius 1 is 0.909 bits per heavy atom. The quantitative estimate of drug-likeness (QED) is 0.377. The lowest BCUT2D eigenvalue weighted by molar-refractivity contribution is -0.136. The number of hydrogen-bond acceptors (Lipinski definition) is 3. The molecule has 180 valence electrons. The lowest BCUT2D eigenvalue weighted by Gasteiger charge is -2.29. The second-order valence-corrected chi connectivity index (χ2v) is 11.3. The molecule has 0 atom stereocenters. The van der Waals surface area contributed by atoms with E-state index in [1.54, 1.807) is 12.1 Å². The summed E-state index contributed by atoms with van der Waals surface area (Å²) in [7, 11) is -3.56. The van der Waals surface area contributed by atoms with E-state index in [0.29, 0.717) is 11.4 Å². The molecule has 0 radical (unpaired) electrons. The van der Waals surface area contributed by atoms with Crippen molar-refractivity contribution in [3.63, 3.8) is 0 Å². The third kappa shape index (κ3) is 7.68. The maximum atomic E-state index is 13.0. The second kappa shape index (κ2) is 11.8. The van der Waals surface area contributed by atoms with Crippen molar-refractivity contribution in [2.45, 2.75) is 82.4 Å². The van der Waals surface area contributed by atoms with E-state index in [4.69, 9.17) is 5.11 Å². The third-order valence-electron chi connectivity index (χ3n) is 6.81. The van der Waals surface area contributed by atoms with Crippen LogP contribution in [0, 0.1) is 5.41 Å². The van der Waals surface area contributed by atoms with Gasteiger partial charge >= 0.3 is 5.97 Å². The molecule has 2 N–H and O–H groups in total. The molecule has 1 aliphatic carbocycles. The molecule has 0 heterocycles. The molecule has 0 saturated heterocycles. The molecule has 1 fully saturated rings. The Labute approximate surface area is 198 Å². The van der Waals surface area contributed by atoms with Crippen LogP contribution in [0.2, 0.25) is 0 Å². The maximum Gasteiger partial charge on any atom is 0.307 e. The molecule has 0 unspecified atom stereocenters. The monoisotopic (exact) mass is 471 g/mol. The van der Waals surface area contributed by atoms with Gasteiger partial charge in [0.2, 0.25) is 10.0 Å². The predicted octanol–water partition coefficient (Wildman–Crippen LogP) is 5.52. The summed E-state index contributed by atoms with van der Waals surface area (Å²) >= 11 is 0. The summed E-state index contributed by atoms with van der Waals surface area (Å²) in [6, 6.07) is 15.0. The third-order valence-corrected chi connectivity index (χ3v) is 8.23. The van der Waals surface area contributed by atoms with Gasteiger partial charge in [0.15, 0.2) is 0 Å². The number of aryl methyl sites for hydroxylation is 1. The van der Waals surface area contributed by atoms with E-state index in [0.717, 1.165) is 56.1 Å². The van der Waals surface area contributed by atoms with Gasteiger partial charge in [-0.3, -0.25) is 4.79 Å². The molecule has 5 nitrogen and oxygen atoms in total. The smallest absolute Gasteiger partial charge is 0.307 e. The molecule has 0 spiro atoms. The Hall–Kier alpha value is -2.18. The predicted molar refractivity (Wildman–Crippen MR) is 132 cm³/mol. The zero-order valence-corrected chi connectivity index (χ0v) is 20.5. The molecule has 1 saturated carbocycles. The summed E-state index contributed by atoms with van der Waals surface area (Å²) in [5.41, 5.74) is 2.99. The summed E-state index contributed by atoms with van der Waals surface area (Å²) < 4.78 is 28.8. The minimum atomic E-state index is -3.56. The highest BCUT2D eigenvalue weighted by molar-refractivity contribution is 7.89. The zero-order valence-electron chi connectivity index (χ0n) is 19.7. The van der Waals surface area contributed by atoms with Crippen molar-refractivity contribution in [2.24, 2.45) is 5.41 Å². The van der Waals surface area contributed by atoms with E-state index in [9.17, 15) is 13.2 Å². The van der Waals surface area contributed by atoms with Crippen LogP contribution in [0.4, 0.5) is 0 Å². The van der Waals surface area contributed by atoms with Gasteiger partial charge in [0.1, 0.15) is 0 Å². The van der Waals surface area contributed by atoms with E-state index in [1.807, 2.05) is 36.4 Å². The van der Waals surface area contributed by atoms with Gasteiger partial charge in [-0.05, 0) is 66.3 Å². The number of unbranched alkanes of at least 4 members (excludes halogenated alkanes) is 3. The molecule has 2 aromatic carbocycles. The summed E-state index contributed by atoms with van der Waals surface area (Å²) in [6.07, 6.45) is 10.8. The van der Waals surface area contributed by atoms with Crippen molar-refractivity contribution in [3.05, 3.63) is 65.2 Å². The lowest BCUT2D eigenvalue weighted by Crippen LogP contribution is -2.37. The van der Waals surface area contributed by atoms with Crippen LogP contribution in [-0.2, 0) is 34.1 Å². The number of hydrogen-bond donors (Lipinski definition) is 2. The van der Waals surface area contributed by atoms with Gasteiger partial charge in [-0.2, -0.15) is 0 Å². The summed E-state index contributed by atoms with van der Waals surface area (Å²) in [6.45, 7) is 2.62. The number of rotatable bonds is 13. The first-order chi connectivity index (χ1) is 15.8. The molecule has 0 amide bonds. The summed E-state index contributed by atoms with van der Waals surface area (Å²) in [4.78, 5) is 11.2. The minimum absolute atomic E-state index is 0.0166. The van der Waals surface area contributed by atoms with Crippen molar-refractivity contribution in [3.8, 4) is 0 Å². The van der Waals surface area contributed by atoms with Crippen LogP contribution in [-0.4, -0.2) is 26.0 Å². The Balaban J connectivity index is 1.61. The van der Waals surface area contributed by atoms with Crippen molar-refractivity contribution in [1.82, 2.24) is 4.72 Å². The van der Waals surface area contributed by atoms with Crippen LogP contribution >= 0.6 is 0 Å². The number of carboxylic acids is 1. The first-order valence-corrected chi connectivity index (χ1v) is 13.7. The zero-order chi connectivity index (χ0) is 23.7. The van der Waals surface area contributed by atoms with E-state index in [-0.39, 0.29) is 11.8 Å². The maximum absolute atomic E-state index is 13.0. The highest BCUT2D eigenvalue weighted by Gasteiger charge is 2.35. The standard InChI is InChI=1S/C27H37NO4S/c1-2-3-4-5-8-22-13-15-25(16-14-22)33(31,32)28-21-27(17-6-7-18-27)20-24-11-9-23(10-12-24)19-26(29)30/h9-16,28H,2-8,17-21H2,1H3,(H,29,30). The number of sulfonamides is 1. The molecular weight excluding hydrogens is 434 g/mol. The Morgan fingerprint density at radius 3 is 2.12 bits per heavy atom. The fourth-order valence-electron chi connectivity index (χ4n) is 4.85. The van der Waals surface area contributed by atoms with Gasteiger partial charge in [-0.25, -0.2) is 13.1 Å². The number of nitrogens with one attached hydrogen (secondary N) is 1. The van der Waals surface area contributed by atoms with Crippen LogP contribution in [0.15, 0.2) is 53.4 Å². The minimum Gasteiger partial charge on any atom is -0.481 e.